The van der Waals surface area contributed by atoms with Gasteiger partial charge in [0.05, 0.1) is 15.6 Å². The number of hydrazine groups is 1. The van der Waals surface area contributed by atoms with Crippen LogP contribution in [0.4, 0.5) is 23.0 Å². The first-order chi connectivity index (χ1) is 9.51. The number of nitrogens with two attached hydrogens (primary N) is 1. The van der Waals surface area contributed by atoms with E-state index in [0.717, 1.165) is 4.47 Å². The maximum absolute atomic E-state index is 11.0. The number of aromatic nitrogens is 1. The maximum atomic E-state index is 11.0. The minimum atomic E-state index is -0.540. The molecule has 1 aromatic carbocycles. The average Bonchev–Trinajstić information content (AvgIpc) is 2.42. The summed E-state index contributed by atoms with van der Waals surface area (Å²) in [5, 5.41) is 14.2. The molecule has 0 saturated carbocycles. The molecule has 20 heavy (non-hydrogen) atoms. The van der Waals surface area contributed by atoms with E-state index in [0.29, 0.717) is 16.5 Å². The molecule has 0 aliphatic carbocycles. The highest BCUT2D eigenvalue weighted by Crippen LogP contribution is 2.32. The third kappa shape index (κ3) is 3.16. The summed E-state index contributed by atoms with van der Waals surface area (Å²) >= 11 is 9.33. The Labute approximate surface area is 127 Å². The van der Waals surface area contributed by atoms with Crippen molar-refractivity contribution in [1.82, 2.24) is 4.98 Å². The smallest absolute Gasteiger partial charge is 0.311 e. The number of nitro groups is 1. The first kappa shape index (κ1) is 14.5. The van der Waals surface area contributed by atoms with Crippen LogP contribution in [0.5, 0.6) is 0 Å². The van der Waals surface area contributed by atoms with E-state index in [1.165, 1.54) is 12.1 Å². The summed E-state index contributed by atoms with van der Waals surface area (Å²) < 4.78 is 0.778. The Morgan fingerprint density at radius 3 is 2.75 bits per heavy atom. The van der Waals surface area contributed by atoms with E-state index in [1.807, 2.05) is 0 Å². The van der Waals surface area contributed by atoms with Crippen LogP contribution in [0.15, 0.2) is 34.8 Å². The van der Waals surface area contributed by atoms with Gasteiger partial charge in [-0.05, 0) is 24.3 Å². The number of nitrogens with zero attached hydrogens (tertiary/aromatic N) is 2. The van der Waals surface area contributed by atoms with Crippen LogP contribution in [0, 0.1) is 10.1 Å². The van der Waals surface area contributed by atoms with Crippen LogP contribution in [-0.4, -0.2) is 9.91 Å². The quantitative estimate of drug-likeness (QED) is 0.439. The highest BCUT2D eigenvalue weighted by Gasteiger charge is 2.17. The van der Waals surface area contributed by atoms with Crippen LogP contribution in [0.3, 0.4) is 0 Å². The Morgan fingerprint density at radius 2 is 2.10 bits per heavy atom. The third-order valence-electron chi connectivity index (χ3n) is 2.40. The molecule has 0 aliphatic rings. The number of pyridine rings is 1. The van der Waals surface area contributed by atoms with Crippen molar-refractivity contribution < 1.29 is 4.92 Å². The molecule has 7 nitrogen and oxygen atoms in total. The molecule has 1 heterocycles. The van der Waals surface area contributed by atoms with Crippen LogP contribution in [-0.2, 0) is 0 Å². The van der Waals surface area contributed by atoms with E-state index in [-0.39, 0.29) is 11.5 Å². The molecule has 9 heteroatoms. The van der Waals surface area contributed by atoms with Gasteiger partial charge >= 0.3 is 5.69 Å². The molecule has 0 atom stereocenters. The van der Waals surface area contributed by atoms with Crippen LogP contribution < -0.4 is 16.6 Å². The number of halogens is 2. The van der Waals surface area contributed by atoms with Gasteiger partial charge in [-0.3, -0.25) is 10.1 Å². The van der Waals surface area contributed by atoms with Crippen molar-refractivity contribution in [1.29, 1.82) is 0 Å². The number of hydrogen-bond donors (Lipinski definition) is 3. The van der Waals surface area contributed by atoms with Gasteiger partial charge in [-0.1, -0.05) is 27.5 Å². The van der Waals surface area contributed by atoms with Gasteiger partial charge in [-0.25, -0.2) is 10.8 Å². The van der Waals surface area contributed by atoms with Crippen molar-refractivity contribution in [3.63, 3.8) is 0 Å². The van der Waals surface area contributed by atoms with Gasteiger partial charge in [0.2, 0.25) is 5.82 Å². The minimum absolute atomic E-state index is 0.0467. The summed E-state index contributed by atoms with van der Waals surface area (Å²) in [6.45, 7) is 0. The van der Waals surface area contributed by atoms with Crippen molar-refractivity contribution in [3.8, 4) is 0 Å². The van der Waals surface area contributed by atoms with Crippen LogP contribution in [0.1, 0.15) is 0 Å². The summed E-state index contributed by atoms with van der Waals surface area (Å²) in [5.41, 5.74) is 2.64. The van der Waals surface area contributed by atoms with E-state index in [4.69, 9.17) is 17.4 Å². The monoisotopic (exact) mass is 357 g/mol. The standard InChI is InChI=1S/C11H9BrClN5O2/c12-6-1-2-7(13)8(5-6)15-11-9(18(19)20)3-4-10(16-11)17-14/h1-5H,14H2,(H2,15,16,17). The zero-order valence-corrected chi connectivity index (χ0v) is 12.3. The van der Waals surface area contributed by atoms with Crippen molar-refractivity contribution in [2.45, 2.75) is 0 Å². The molecule has 2 aromatic rings. The van der Waals surface area contributed by atoms with Crippen molar-refractivity contribution in [3.05, 3.63) is 49.9 Å². The van der Waals surface area contributed by atoms with Gasteiger partial charge in [0.1, 0.15) is 5.82 Å². The molecule has 4 N–H and O–H groups in total. The van der Waals surface area contributed by atoms with E-state index >= 15 is 0 Å². The minimum Gasteiger partial charge on any atom is -0.333 e. The number of nitrogens with one attached hydrogen (secondary N) is 2. The SMILES string of the molecule is NNc1ccc([N+](=O)[O-])c(Nc2cc(Br)ccc2Cl)n1. The number of rotatable bonds is 4. The fraction of sp³-hybridized carbons (Fsp3) is 0. The molecule has 1 aromatic heterocycles. The maximum Gasteiger partial charge on any atom is 0.311 e. The lowest BCUT2D eigenvalue weighted by molar-refractivity contribution is -0.384. The third-order valence-corrected chi connectivity index (χ3v) is 3.22. The van der Waals surface area contributed by atoms with Crippen molar-refractivity contribution in [2.75, 3.05) is 10.7 Å². The predicted molar refractivity (Wildman–Crippen MR) is 81.1 cm³/mol. The lowest BCUT2D eigenvalue weighted by Gasteiger charge is -2.09. The molecule has 0 spiro atoms. The topological polar surface area (TPSA) is 106 Å². The highest BCUT2D eigenvalue weighted by molar-refractivity contribution is 9.10. The molecule has 0 bridgehead atoms. The van der Waals surface area contributed by atoms with E-state index < -0.39 is 4.92 Å². The summed E-state index contributed by atoms with van der Waals surface area (Å²) in [6, 6.07) is 7.82. The molecular formula is C11H9BrClN5O2. The second kappa shape index (κ2) is 6.04. The Balaban J connectivity index is 2.45. The fourth-order valence-corrected chi connectivity index (χ4v) is 2.02. The fourth-order valence-electron chi connectivity index (χ4n) is 1.49. The second-order valence-corrected chi connectivity index (χ2v) is 5.04. The summed E-state index contributed by atoms with van der Waals surface area (Å²) in [4.78, 5) is 14.5. The predicted octanol–water partition coefficient (Wildman–Crippen LogP) is 3.43. The van der Waals surface area contributed by atoms with Gasteiger partial charge in [0.15, 0.2) is 0 Å². The van der Waals surface area contributed by atoms with Crippen LogP contribution >= 0.6 is 27.5 Å². The summed E-state index contributed by atoms with van der Waals surface area (Å²) in [5.74, 6) is 5.59. The van der Waals surface area contributed by atoms with Gasteiger partial charge in [0.25, 0.3) is 0 Å². The van der Waals surface area contributed by atoms with Crippen LogP contribution in [0.2, 0.25) is 5.02 Å². The Bertz CT molecular complexity index is 667. The molecule has 0 amide bonds. The average molecular weight is 359 g/mol. The number of anilines is 3. The second-order valence-electron chi connectivity index (χ2n) is 3.71. The van der Waals surface area contributed by atoms with Gasteiger partial charge < -0.3 is 10.7 Å². The van der Waals surface area contributed by atoms with Gasteiger partial charge in [0, 0.05) is 10.5 Å². The van der Waals surface area contributed by atoms with E-state index in [1.54, 1.807) is 18.2 Å². The molecule has 0 aliphatic heterocycles. The summed E-state index contributed by atoms with van der Waals surface area (Å²) in [7, 11) is 0. The van der Waals surface area contributed by atoms with Crippen LogP contribution in [0.25, 0.3) is 0 Å². The normalized spacial score (nSPS) is 10.2. The molecule has 0 fully saturated rings. The first-order valence-corrected chi connectivity index (χ1v) is 6.52. The number of hydrogen-bond acceptors (Lipinski definition) is 6. The Kier molecular flexibility index (Phi) is 4.38. The molecule has 0 radical (unpaired) electrons. The highest BCUT2D eigenvalue weighted by atomic mass is 79.9. The van der Waals surface area contributed by atoms with E-state index in [2.05, 4.69) is 31.7 Å². The molecule has 0 saturated heterocycles. The summed E-state index contributed by atoms with van der Waals surface area (Å²) in [6.07, 6.45) is 0. The zero-order valence-electron chi connectivity index (χ0n) is 9.93. The molecule has 0 unspecified atom stereocenters. The Hall–Kier alpha value is -1.90. The largest absolute Gasteiger partial charge is 0.333 e. The first-order valence-electron chi connectivity index (χ1n) is 5.35. The lowest BCUT2D eigenvalue weighted by atomic mass is 10.3. The number of benzene rings is 1. The molecule has 104 valence electrons. The van der Waals surface area contributed by atoms with E-state index in [9.17, 15) is 10.1 Å². The Morgan fingerprint density at radius 1 is 1.35 bits per heavy atom. The van der Waals surface area contributed by atoms with Crippen molar-refractivity contribution in [2.24, 2.45) is 5.84 Å². The van der Waals surface area contributed by atoms with Gasteiger partial charge in [-0.2, -0.15) is 0 Å². The van der Waals surface area contributed by atoms with Crippen molar-refractivity contribution >= 4 is 50.5 Å². The number of nitrogen functional groups attached to an aromatic ring is 1. The zero-order chi connectivity index (χ0) is 14.7. The lowest BCUT2D eigenvalue weighted by Crippen LogP contribution is -2.10. The molecular weight excluding hydrogens is 350 g/mol. The van der Waals surface area contributed by atoms with Gasteiger partial charge in [-0.15, -0.1) is 0 Å². The molecule has 2 rings (SSSR count).